The van der Waals surface area contributed by atoms with Gasteiger partial charge in [0.1, 0.15) is 17.5 Å². The van der Waals surface area contributed by atoms with E-state index in [1.807, 2.05) is 0 Å². The summed E-state index contributed by atoms with van der Waals surface area (Å²) in [5.41, 5.74) is 1.60. The molecular weight excluding hydrogens is 239 g/mol. The van der Waals surface area contributed by atoms with Crippen LogP contribution in [0.15, 0.2) is 36.4 Å². The third-order valence-electron chi connectivity index (χ3n) is 2.61. The summed E-state index contributed by atoms with van der Waals surface area (Å²) in [7, 11) is 1.75. The van der Waals surface area contributed by atoms with Crippen molar-refractivity contribution in [2.24, 2.45) is 0 Å². The zero-order valence-electron chi connectivity index (χ0n) is 9.81. The van der Waals surface area contributed by atoms with Crippen molar-refractivity contribution in [1.82, 2.24) is 5.32 Å². The molecule has 0 saturated heterocycles. The maximum Gasteiger partial charge on any atom is 0.126 e. The quantitative estimate of drug-likeness (QED) is 0.880. The minimum Gasteiger partial charge on any atom is -0.316 e. The number of benzene rings is 2. The van der Waals surface area contributed by atoms with E-state index in [1.54, 1.807) is 13.1 Å². The molecule has 2 rings (SSSR count). The van der Waals surface area contributed by atoms with Crippen LogP contribution in [-0.2, 0) is 6.54 Å². The average molecular weight is 251 g/mol. The van der Waals surface area contributed by atoms with Crippen LogP contribution in [0.5, 0.6) is 0 Å². The largest absolute Gasteiger partial charge is 0.316 e. The van der Waals surface area contributed by atoms with Gasteiger partial charge in [0.15, 0.2) is 0 Å². The van der Waals surface area contributed by atoms with Crippen molar-refractivity contribution in [2.45, 2.75) is 6.54 Å². The molecule has 0 aliphatic heterocycles. The first-order valence-electron chi connectivity index (χ1n) is 5.49. The molecule has 0 saturated carbocycles. The van der Waals surface area contributed by atoms with Gasteiger partial charge in [0, 0.05) is 12.6 Å². The van der Waals surface area contributed by atoms with Crippen LogP contribution >= 0.6 is 0 Å². The van der Waals surface area contributed by atoms with E-state index >= 15 is 0 Å². The van der Waals surface area contributed by atoms with E-state index in [-0.39, 0.29) is 0 Å². The van der Waals surface area contributed by atoms with Crippen molar-refractivity contribution in [3.63, 3.8) is 0 Å². The van der Waals surface area contributed by atoms with Crippen molar-refractivity contribution < 1.29 is 13.2 Å². The Bertz CT molecular complexity index is 547. The lowest BCUT2D eigenvalue weighted by Gasteiger charge is -2.10. The molecule has 0 amide bonds. The van der Waals surface area contributed by atoms with Gasteiger partial charge in [-0.15, -0.1) is 0 Å². The molecule has 0 bridgehead atoms. The third-order valence-corrected chi connectivity index (χ3v) is 2.61. The number of nitrogens with one attached hydrogen (secondary N) is 1. The Labute approximate surface area is 103 Å². The second-order valence-corrected chi connectivity index (χ2v) is 3.99. The van der Waals surface area contributed by atoms with Crippen molar-refractivity contribution in [2.75, 3.05) is 7.05 Å². The second-order valence-electron chi connectivity index (χ2n) is 3.99. The smallest absolute Gasteiger partial charge is 0.126 e. The normalized spacial score (nSPS) is 10.7. The molecule has 1 N–H and O–H groups in total. The van der Waals surface area contributed by atoms with Crippen LogP contribution in [0.3, 0.4) is 0 Å². The summed E-state index contributed by atoms with van der Waals surface area (Å²) >= 11 is 0. The van der Waals surface area contributed by atoms with Gasteiger partial charge in [0.05, 0.1) is 0 Å². The van der Waals surface area contributed by atoms with Gasteiger partial charge < -0.3 is 5.32 Å². The number of hydrogen-bond acceptors (Lipinski definition) is 1. The highest BCUT2D eigenvalue weighted by molar-refractivity contribution is 5.67. The van der Waals surface area contributed by atoms with E-state index in [0.717, 1.165) is 11.6 Å². The summed E-state index contributed by atoms with van der Waals surface area (Å²) in [5, 5.41) is 2.93. The maximum atomic E-state index is 13.3. The molecule has 0 heterocycles. The Morgan fingerprint density at radius 1 is 0.889 bits per heavy atom. The molecule has 0 atom stereocenters. The minimum atomic E-state index is -0.676. The molecule has 0 unspecified atom stereocenters. The van der Waals surface area contributed by atoms with Crippen molar-refractivity contribution in [1.29, 1.82) is 0 Å². The molecule has 1 nitrogen and oxygen atoms in total. The van der Waals surface area contributed by atoms with Crippen LogP contribution in [-0.4, -0.2) is 7.05 Å². The Hall–Kier alpha value is -1.81. The molecule has 0 fully saturated rings. The van der Waals surface area contributed by atoms with Crippen molar-refractivity contribution >= 4 is 0 Å². The summed E-state index contributed by atoms with van der Waals surface area (Å²) in [4.78, 5) is 0. The van der Waals surface area contributed by atoms with Crippen LogP contribution in [0.25, 0.3) is 11.1 Å². The standard InChI is InChI=1S/C14H12F3N/c1-18-8-9-2-3-11(15)7-14(9)10-4-12(16)6-13(17)5-10/h2-7,18H,8H2,1H3. The number of halogens is 3. The molecule has 18 heavy (non-hydrogen) atoms. The van der Waals surface area contributed by atoms with E-state index in [4.69, 9.17) is 0 Å². The van der Waals surface area contributed by atoms with Crippen LogP contribution in [0, 0.1) is 17.5 Å². The number of hydrogen-bond donors (Lipinski definition) is 1. The van der Waals surface area contributed by atoms with Gasteiger partial charge >= 0.3 is 0 Å². The predicted octanol–water partition coefficient (Wildman–Crippen LogP) is 3.49. The van der Waals surface area contributed by atoms with Crippen LogP contribution in [0.2, 0.25) is 0 Å². The van der Waals surface area contributed by atoms with Crippen molar-refractivity contribution in [3.05, 3.63) is 59.4 Å². The molecule has 2 aromatic carbocycles. The van der Waals surface area contributed by atoms with Gasteiger partial charge in [-0.05, 0) is 48.0 Å². The SMILES string of the molecule is CNCc1ccc(F)cc1-c1cc(F)cc(F)c1. The van der Waals surface area contributed by atoms with Gasteiger partial charge in [-0.3, -0.25) is 0 Å². The fraction of sp³-hybridized carbons (Fsp3) is 0.143. The summed E-state index contributed by atoms with van der Waals surface area (Å²) in [6, 6.07) is 7.38. The maximum absolute atomic E-state index is 13.3. The van der Waals surface area contributed by atoms with Gasteiger partial charge in [0.25, 0.3) is 0 Å². The highest BCUT2D eigenvalue weighted by Gasteiger charge is 2.09. The molecule has 94 valence electrons. The molecule has 2 aromatic rings. The topological polar surface area (TPSA) is 12.0 Å². The van der Waals surface area contributed by atoms with Crippen LogP contribution in [0.1, 0.15) is 5.56 Å². The highest BCUT2D eigenvalue weighted by Crippen LogP contribution is 2.26. The first kappa shape index (κ1) is 12.6. The first-order chi connectivity index (χ1) is 8.60. The van der Waals surface area contributed by atoms with Crippen molar-refractivity contribution in [3.8, 4) is 11.1 Å². The Kier molecular flexibility index (Phi) is 3.67. The predicted molar refractivity (Wildman–Crippen MR) is 64.5 cm³/mol. The second kappa shape index (κ2) is 5.23. The molecule has 0 aromatic heterocycles. The number of rotatable bonds is 3. The molecule has 0 aliphatic carbocycles. The van der Waals surface area contributed by atoms with E-state index in [0.29, 0.717) is 17.7 Å². The summed E-state index contributed by atoms with van der Waals surface area (Å²) < 4.78 is 39.6. The van der Waals surface area contributed by atoms with Gasteiger partial charge in [-0.2, -0.15) is 0 Å². The summed E-state index contributed by atoms with van der Waals surface area (Å²) in [6.07, 6.45) is 0. The van der Waals surface area contributed by atoms with Gasteiger partial charge in [-0.25, -0.2) is 13.2 Å². The molecule has 4 heteroatoms. The van der Waals surface area contributed by atoms with E-state index in [2.05, 4.69) is 5.32 Å². The zero-order valence-corrected chi connectivity index (χ0v) is 9.81. The van der Waals surface area contributed by atoms with E-state index < -0.39 is 17.5 Å². The lowest BCUT2D eigenvalue weighted by molar-refractivity contribution is 0.584. The first-order valence-corrected chi connectivity index (χ1v) is 5.49. The Morgan fingerprint density at radius 3 is 2.17 bits per heavy atom. The lowest BCUT2D eigenvalue weighted by Crippen LogP contribution is -2.06. The van der Waals surface area contributed by atoms with E-state index in [9.17, 15) is 13.2 Å². The fourth-order valence-corrected chi connectivity index (χ4v) is 1.87. The zero-order chi connectivity index (χ0) is 13.1. The monoisotopic (exact) mass is 251 g/mol. The molecular formula is C14H12F3N. The molecule has 0 aliphatic rings. The molecule has 0 spiro atoms. The van der Waals surface area contributed by atoms with Crippen LogP contribution < -0.4 is 5.32 Å². The average Bonchev–Trinajstić information content (AvgIpc) is 2.30. The van der Waals surface area contributed by atoms with Gasteiger partial charge in [0.2, 0.25) is 0 Å². The highest BCUT2D eigenvalue weighted by atomic mass is 19.1. The minimum absolute atomic E-state index is 0.331. The van der Waals surface area contributed by atoms with Crippen LogP contribution in [0.4, 0.5) is 13.2 Å². The van der Waals surface area contributed by atoms with Gasteiger partial charge in [-0.1, -0.05) is 6.07 Å². The Balaban J connectivity index is 2.57. The fourth-order valence-electron chi connectivity index (χ4n) is 1.87. The summed E-state index contributed by atoms with van der Waals surface area (Å²) in [5.74, 6) is -1.79. The Morgan fingerprint density at radius 2 is 1.56 bits per heavy atom. The lowest BCUT2D eigenvalue weighted by atomic mass is 9.99. The molecule has 0 radical (unpaired) electrons. The third kappa shape index (κ3) is 2.71. The summed E-state index contributed by atoms with van der Waals surface area (Å²) in [6.45, 7) is 0.494. The van der Waals surface area contributed by atoms with E-state index in [1.165, 1.54) is 24.3 Å².